The molecule has 0 spiro atoms. The van der Waals surface area contributed by atoms with Crippen LogP contribution in [0.25, 0.3) is 0 Å². The highest BCUT2D eigenvalue weighted by molar-refractivity contribution is 7.09. The van der Waals surface area contributed by atoms with Gasteiger partial charge in [0.25, 0.3) is 0 Å². The Hall–Kier alpha value is -0.490. The standard InChI is InChI=1S/C15H24N2O2S/c1-2-18-12-15-5-3-8-19-13(15)4-7-17(11-15)10-14-16-6-9-20-14/h6,9,13H,2-5,7-8,10-12H2,1H3/t13-,15+/m0/s1. The Labute approximate surface area is 125 Å². The van der Waals surface area contributed by atoms with E-state index in [0.29, 0.717) is 6.10 Å². The first-order valence-corrected chi connectivity index (χ1v) is 8.50. The molecule has 5 heteroatoms. The van der Waals surface area contributed by atoms with Crippen LogP contribution in [0.4, 0.5) is 0 Å². The van der Waals surface area contributed by atoms with Gasteiger partial charge in [-0.3, -0.25) is 4.90 Å². The molecule has 0 bridgehead atoms. The number of fused-ring (bicyclic) bond motifs is 1. The zero-order valence-corrected chi connectivity index (χ0v) is 13.0. The molecule has 20 heavy (non-hydrogen) atoms. The number of thiazole rings is 1. The van der Waals surface area contributed by atoms with E-state index in [1.807, 2.05) is 6.20 Å². The molecule has 112 valence electrons. The lowest BCUT2D eigenvalue weighted by molar-refractivity contribution is -0.153. The zero-order chi connectivity index (χ0) is 13.8. The molecular formula is C15H24N2O2S. The van der Waals surface area contributed by atoms with Gasteiger partial charge in [0.2, 0.25) is 0 Å². The zero-order valence-electron chi connectivity index (χ0n) is 12.2. The summed E-state index contributed by atoms with van der Waals surface area (Å²) in [6.45, 7) is 7.79. The Morgan fingerprint density at radius 2 is 2.55 bits per heavy atom. The molecule has 3 rings (SSSR count). The van der Waals surface area contributed by atoms with E-state index < -0.39 is 0 Å². The van der Waals surface area contributed by atoms with Gasteiger partial charge in [-0.1, -0.05) is 0 Å². The molecule has 2 atom stereocenters. The van der Waals surface area contributed by atoms with Gasteiger partial charge in [-0.05, 0) is 26.2 Å². The van der Waals surface area contributed by atoms with Crippen molar-refractivity contribution in [1.29, 1.82) is 0 Å². The van der Waals surface area contributed by atoms with Crippen LogP contribution in [0.15, 0.2) is 11.6 Å². The molecule has 0 saturated carbocycles. The molecule has 2 aliphatic rings. The van der Waals surface area contributed by atoms with Crippen molar-refractivity contribution in [2.24, 2.45) is 5.41 Å². The van der Waals surface area contributed by atoms with Crippen LogP contribution in [0.3, 0.4) is 0 Å². The molecule has 0 radical (unpaired) electrons. The lowest BCUT2D eigenvalue weighted by Gasteiger charge is -2.50. The van der Waals surface area contributed by atoms with Gasteiger partial charge in [-0.25, -0.2) is 4.98 Å². The predicted molar refractivity (Wildman–Crippen MR) is 79.9 cm³/mol. The fourth-order valence-electron chi connectivity index (χ4n) is 3.56. The van der Waals surface area contributed by atoms with Crippen LogP contribution in [0.1, 0.15) is 31.2 Å². The average Bonchev–Trinajstić information content (AvgIpc) is 2.98. The van der Waals surface area contributed by atoms with Crippen LogP contribution in [-0.2, 0) is 16.0 Å². The summed E-state index contributed by atoms with van der Waals surface area (Å²) in [5.74, 6) is 0. The molecule has 1 aromatic heterocycles. The van der Waals surface area contributed by atoms with Gasteiger partial charge >= 0.3 is 0 Å². The summed E-state index contributed by atoms with van der Waals surface area (Å²) in [5, 5.41) is 3.27. The van der Waals surface area contributed by atoms with Gasteiger partial charge in [-0.15, -0.1) is 11.3 Å². The van der Waals surface area contributed by atoms with Crippen LogP contribution in [0.5, 0.6) is 0 Å². The van der Waals surface area contributed by atoms with E-state index in [-0.39, 0.29) is 5.41 Å². The summed E-state index contributed by atoms with van der Waals surface area (Å²) < 4.78 is 11.8. The van der Waals surface area contributed by atoms with Crippen LogP contribution < -0.4 is 0 Å². The van der Waals surface area contributed by atoms with Gasteiger partial charge < -0.3 is 9.47 Å². The minimum absolute atomic E-state index is 0.198. The van der Waals surface area contributed by atoms with Crippen LogP contribution in [0, 0.1) is 5.41 Å². The smallest absolute Gasteiger partial charge is 0.107 e. The highest BCUT2D eigenvalue weighted by atomic mass is 32.1. The summed E-state index contributed by atoms with van der Waals surface area (Å²) in [5.41, 5.74) is 0.198. The maximum absolute atomic E-state index is 6.05. The predicted octanol–water partition coefficient (Wildman–Crippen LogP) is 2.55. The average molecular weight is 296 g/mol. The molecule has 2 fully saturated rings. The number of hydrogen-bond acceptors (Lipinski definition) is 5. The number of likely N-dealkylation sites (tertiary alicyclic amines) is 1. The highest BCUT2D eigenvalue weighted by Gasteiger charge is 2.46. The summed E-state index contributed by atoms with van der Waals surface area (Å²) in [6, 6.07) is 0. The first kappa shape index (κ1) is 14.4. The lowest BCUT2D eigenvalue weighted by Crippen LogP contribution is -2.56. The van der Waals surface area contributed by atoms with E-state index >= 15 is 0 Å². The summed E-state index contributed by atoms with van der Waals surface area (Å²) in [4.78, 5) is 6.94. The highest BCUT2D eigenvalue weighted by Crippen LogP contribution is 2.40. The van der Waals surface area contributed by atoms with Crippen LogP contribution in [-0.4, -0.2) is 48.9 Å². The van der Waals surface area contributed by atoms with Crippen molar-refractivity contribution < 1.29 is 9.47 Å². The third kappa shape index (κ3) is 3.06. The van der Waals surface area contributed by atoms with E-state index in [4.69, 9.17) is 9.47 Å². The number of rotatable bonds is 5. The molecule has 0 aromatic carbocycles. The fraction of sp³-hybridized carbons (Fsp3) is 0.800. The largest absolute Gasteiger partial charge is 0.381 e. The van der Waals surface area contributed by atoms with E-state index in [1.165, 1.54) is 11.4 Å². The monoisotopic (exact) mass is 296 g/mol. The minimum Gasteiger partial charge on any atom is -0.381 e. The van der Waals surface area contributed by atoms with Gasteiger partial charge in [0.05, 0.1) is 19.3 Å². The van der Waals surface area contributed by atoms with Crippen molar-refractivity contribution in [2.75, 3.05) is 32.9 Å². The third-order valence-electron chi connectivity index (χ3n) is 4.50. The number of nitrogens with zero attached hydrogens (tertiary/aromatic N) is 2. The van der Waals surface area contributed by atoms with Gasteiger partial charge in [0.1, 0.15) is 5.01 Å². The summed E-state index contributed by atoms with van der Waals surface area (Å²) >= 11 is 1.75. The third-order valence-corrected chi connectivity index (χ3v) is 5.27. The van der Waals surface area contributed by atoms with E-state index in [9.17, 15) is 0 Å². The minimum atomic E-state index is 0.198. The first-order valence-electron chi connectivity index (χ1n) is 7.62. The number of aromatic nitrogens is 1. The number of ether oxygens (including phenoxy) is 2. The maximum Gasteiger partial charge on any atom is 0.107 e. The summed E-state index contributed by atoms with van der Waals surface area (Å²) in [7, 11) is 0. The Balaban J connectivity index is 1.68. The maximum atomic E-state index is 6.05. The van der Waals surface area contributed by atoms with Gasteiger partial charge in [0.15, 0.2) is 0 Å². The molecule has 1 aromatic rings. The van der Waals surface area contributed by atoms with Crippen molar-refractivity contribution in [1.82, 2.24) is 9.88 Å². The molecular weight excluding hydrogens is 272 g/mol. The second-order valence-electron chi connectivity index (χ2n) is 5.89. The second kappa shape index (κ2) is 6.52. The quantitative estimate of drug-likeness (QED) is 0.836. The molecule has 0 amide bonds. The fourth-order valence-corrected chi connectivity index (χ4v) is 4.21. The second-order valence-corrected chi connectivity index (χ2v) is 6.87. The molecule has 0 aliphatic carbocycles. The van der Waals surface area contributed by atoms with Crippen molar-refractivity contribution in [3.05, 3.63) is 16.6 Å². The van der Waals surface area contributed by atoms with E-state index in [2.05, 4.69) is 22.2 Å². The van der Waals surface area contributed by atoms with Crippen LogP contribution in [0.2, 0.25) is 0 Å². The molecule has 0 unspecified atom stereocenters. The molecule has 3 heterocycles. The lowest BCUT2D eigenvalue weighted by atomic mass is 9.73. The van der Waals surface area contributed by atoms with Crippen molar-refractivity contribution >= 4 is 11.3 Å². The normalized spacial score (nSPS) is 31.1. The number of hydrogen-bond donors (Lipinski definition) is 0. The van der Waals surface area contributed by atoms with Crippen molar-refractivity contribution in [3.63, 3.8) is 0 Å². The number of piperidine rings is 1. The summed E-state index contributed by atoms with van der Waals surface area (Å²) in [6.07, 6.45) is 5.79. The SMILES string of the molecule is CCOC[C@]12CCCO[C@H]1CCN(Cc1nccs1)C2. The van der Waals surface area contributed by atoms with Gasteiger partial charge in [-0.2, -0.15) is 0 Å². The van der Waals surface area contributed by atoms with Crippen molar-refractivity contribution in [2.45, 2.75) is 38.8 Å². The topological polar surface area (TPSA) is 34.6 Å². The molecule has 4 nitrogen and oxygen atoms in total. The Bertz CT molecular complexity index is 412. The van der Waals surface area contributed by atoms with E-state index in [1.54, 1.807) is 11.3 Å². The van der Waals surface area contributed by atoms with Crippen molar-refractivity contribution in [3.8, 4) is 0 Å². The van der Waals surface area contributed by atoms with Crippen LogP contribution >= 0.6 is 11.3 Å². The first-order chi connectivity index (χ1) is 9.82. The Morgan fingerprint density at radius 3 is 3.35 bits per heavy atom. The Morgan fingerprint density at radius 1 is 1.60 bits per heavy atom. The Kier molecular flexibility index (Phi) is 4.71. The van der Waals surface area contributed by atoms with E-state index in [0.717, 1.165) is 52.3 Å². The molecule has 0 N–H and O–H groups in total. The van der Waals surface area contributed by atoms with Gasteiger partial charge in [0, 0.05) is 43.3 Å². The molecule has 2 aliphatic heterocycles. The molecule has 2 saturated heterocycles.